The van der Waals surface area contributed by atoms with Gasteiger partial charge in [-0.1, -0.05) is 0 Å². The minimum absolute atomic E-state index is 0.0471. The lowest BCUT2D eigenvalue weighted by atomic mass is 10.2. The van der Waals surface area contributed by atoms with E-state index < -0.39 is 0 Å². The van der Waals surface area contributed by atoms with Crippen molar-refractivity contribution >= 4 is 17.4 Å². The van der Waals surface area contributed by atoms with Crippen molar-refractivity contribution < 1.29 is 9.53 Å². The summed E-state index contributed by atoms with van der Waals surface area (Å²) in [6.07, 6.45) is 1.80. The van der Waals surface area contributed by atoms with Crippen molar-refractivity contribution in [2.75, 3.05) is 17.7 Å². The van der Waals surface area contributed by atoms with Gasteiger partial charge in [-0.2, -0.15) is 4.98 Å². The lowest BCUT2D eigenvalue weighted by Crippen LogP contribution is -2.19. The van der Waals surface area contributed by atoms with E-state index in [-0.39, 0.29) is 11.9 Å². The molecule has 1 unspecified atom stereocenters. The van der Waals surface area contributed by atoms with Crippen molar-refractivity contribution in [1.82, 2.24) is 9.97 Å². The third-order valence-corrected chi connectivity index (χ3v) is 2.14. The van der Waals surface area contributed by atoms with Gasteiger partial charge in [-0.25, -0.2) is 4.98 Å². The summed E-state index contributed by atoms with van der Waals surface area (Å²) in [5.74, 6) is 0.900. The van der Waals surface area contributed by atoms with Crippen LogP contribution >= 0.6 is 0 Å². The maximum Gasteiger partial charge on any atom is 0.242 e. The molecule has 6 heteroatoms. The molecule has 1 aromatic heterocycles. The molecule has 2 heterocycles. The number of fused-ring (bicyclic) bond motifs is 1. The molecule has 0 saturated carbocycles. The number of hydrogen-bond donors (Lipinski definition) is 2. The molecule has 80 valence electrons. The SMILES string of the molecule is COc1ncnc2c1NC(=O)CC(C)N2. The molecule has 0 aromatic carbocycles. The number of aromatic nitrogens is 2. The Hall–Kier alpha value is -1.85. The Bertz CT molecular complexity index is 394. The molecule has 1 aromatic rings. The van der Waals surface area contributed by atoms with Gasteiger partial charge in [0, 0.05) is 12.5 Å². The number of methoxy groups -OCH3 is 1. The highest BCUT2D eigenvalue weighted by Crippen LogP contribution is 2.30. The van der Waals surface area contributed by atoms with E-state index in [0.29, 0.717) is 23.8 Å². The predicted octanol–water partition coefficient (Wildman–Crippen LogP) is 0.628. The predicted molar refractivity (Wildman–Crippen MR) is 54.9 cm³/mol. The van der Waals surface area contributed by atoms with Gasteiger partial charge >= 0.3 is 0 Å². The second-order valence-electron chi connectivity index (χ2n) is 3.40. The first-order chi connectivity index (χ1) is 7.20. The summed E-state index contributed by atoms with van der Waals surface area (Å²) in [7, 11) is 1.50. The van der Waals surface area contributed by atoms with E-state index in [0.717, 1.165) is 0 Å². The highest BCUT2D eigenvalue weighted by Gasteiger charge is 2.21. The monoisotopic (exact) mass is 208 g/mol. The van der Waals surface area contributed by atoms with Crippen LogP contribution in [0, 0.1) is 0 Å². The van der Waals surface area contributed by atoms with E-state index in [9.17, 15) is 4.79 Å². The number of amides is 1. The zero-order valence-electron chi connectivity index (χ0n) is 8.57. The minimum atomic E-state index is -0.0677. The molecule has 2 rings (SSSR count). The molecule has 1 aliphatic rings. The van der Waals surface area contributed by atoms with Crippen LogP contribution in [0.1, 0.15) is 13.3 Å². The van der Waals surface area contributed by atoms with E-state index >= 15 is 0 Å². The molecule has 1 aliphatic heterocycles. The topological polar surface area (TPSA) is 76.1 Å². The van der Waals surface area contributed by atoms with Crippen molar-refractivity contribution in [3.05, 3.63) is 6.33 Å². The van der Waals surface area contributed by atoms with E-state index in [1.165, 1.54) is 13.4 Å². The first-order valence-electron chi connectivity index (χ1n) is 4.66. The number of nitrogens with zero attached hydrogens (tertiary/aromatic N) is 2. The van der Waals surface area contributed by atoms with Crippen LogP contribution in [0.4, 0.5) is 11.5 Å². The summed E-state index contributed by atoms with van der Waals surface area (Å²) in [4.78, 5) is 19.4. The zero-order chi connectivity index (χ0) is 10.8. The highest BCUT2D eigenvalue weighted by molar-refractivity contribution is 5.97. The molecule has 0 saturated heterocycles. The summed E-state index contributed by atoms with van der Waals surface area (Å²) in [5.41, 5.74) is 0.509. The van der Waals surface area contributed by atoms with Gasteiger partial charge < -0.3 is 15.4 Å². The third kappa shape index (κ3) is 1.83. The van der Waals surface area contributed by atoms with Crippen LogP contribution in [-0.4, -0.2) is 29.0 Å². The maximum atomic E-state index is 11.5. The Morgan fingerprint density at radius 1 is 1.53 bits per heavy atom. The molecule has 6 nitrogen and oxygen atoms in total. The largest absolute Gasteiger partial charge is 0.479 e. The Labute approximate surface area is 87.1 Å². The average molecular weight is 208 g/mol. The molecule has 1 atom stereocenters. The fourth-order valence-corrected chi connectivity index (χ4v) is 1.50. The van der Waals surface area contributed by atoms with E-state index in [1.807, 2.05) is 6.92 Å². The van der Waals surface area contributed by atoms with Crippen LogP contribution in [0.25, 0.3) is 0 Å². The molecule has 0 aliphatic carbocycles. The Balaban J connectivity index is 2.45. The summed E-state index contributed by atoms with van der Waals surface area (Å²) < 4.78 is 5.05. The van der Waals surface area contributed by atoms with E-state index in [1.54, 1.807) is 0 Å². The Morgan fingerprint density at radius 2 is 2.33 bits per heavy atom. The van der Waals surface area contributed by atoms with E-state index in [2.05, 4.69) is 20.6 Å². The molecular formula is C9H12N4O2. The van der Waals surface area contributed by atoms with Crippen LogP contribution in [0.2, 0.25) is 0 Å². The average Bonchev–Trinajstić information content (AvgIpc) is 2.33. The van der Waals surface area contributed by atoms with Crippen molar-refractivity contribution in [2.24, 2.45) is 0 Å². The highest BCUT2D eigenvalue weighted by atomic mass is 16.5. The zero-order valence-corrected chi connectivity index (χ0v) is 8.57. The van der Waals surface area contributed by atoms with Crippen molar-refractivity contribution in [3.8, 4) is 5.88 Å². The first kappa shape index (κ1) is 9.70. The number of carbonyl (C=O) groups excluding carboxylic acids is 1. The quantitative estimate of drug-likeness (QED) is 0.707. The van der Waals surface area contributed by atoms with Gasteiger partial charge in [0.05, 0.1) is 7.11 Å². The first-order valence-corrected chi connectivity index (χ1v) is 4.66. The fourth-order valence-electron chi connectivity index (χ4n) is 1.50. The lowest BCUT2D eigenvalue weighted by Gasteiger charge is -2.11. The van der Waals surface area contributed by atoms with Gasteiger partial charge in [-0.3, -0.25) is 4.79 Å². The van der Waals surface area contributed by atoms with Gasteiger partial charge in [0.1, 0.15) is 12.0 Å². The number of rotatable bonds is 1. The van der Waals surface area contributed by atoms with Crippen LogP contribution in [-0.2, 0) is 4.79 Å². The van der Waals surface area contributed by atoms with Crippen molar-refractivity contribution in [2.45, 2.75) is 19.4 Å². The Morgan fingerprint density at radius 3 is 3.07 bits per heavy atom. The summed E-state index contributed by atoms with van der Waals surface area (Å²) in [6, 6.07) is 0.0471. The van der Waals surface area contributed by atoms with Gasteiger partial charge in [0.25, 0.3) is 0 Å². The normalized spacial score (nSPS) is 19.6. The third-order valence-electron chi connectivity index (χ3n) is 2.14. The number of hydrogen-bond acceptors (Lipinski definition) is 5. The van der Waals surface area contributed by atoms with Crippen molar-refractivity contribution in [3.63, 3.8) is 0 Å². The molecule has 0 spiro atoms. The van der Waals surface area contributed by atoms with Crippen LogP contribution in [0.3, 0.4) is 0 Å². The van der Waals surface area contributed by atoms with Crippen LogP contribution in [0.15, 0.2) is 6.33 Å². The number of anilines is 2. The molecule has 2 N–H and O–H groups in total. The van der Waals surface area contributed by atoms with Gasteiger partial charge in [0.15, 0.2) is 5.82 Å². The van der Waals surface area contributed by atoms with Crippen LogP contribution < -0.4 is 15.4 Å². The second kappa shape index (κ2) is 3.72. The van der Waals surface area contributed by atoms with Gasteiger partial charge in [0.2, 0.25) is 11.8 Å². The van der Waals surface area contributed by atoms with Gasteiger partial charge in [-0.05, 0) is 6.92 Å². The molecule has 0 fully saturated rings. The Kier molecular flexibility index (Phi) is 2.40. The standard InChI is InChI=1S/C9H12N4O2/c1-5-3-6(14)13-7-8(12-5)10-4-11-9(7)15-2/h4-5H,3H2,1-2H3,(H,13,14)(H,10,11,12). The molecule has 15 heavy (non-hydrogen) atoms. The summed E-state index contributed by atoms with van der Waals surface area (Å²) in [5, 5.41) is 5.83. The number of ether oxygens (including phenoxy) is 1. The van der Waals surface area contributed by atoms with Crippen LogP contribution in [0.5, 0.6) is 5.88 Å². The molecule has 1 amide bonds. The summed E-state index contributed by atoms with van der Waals surface area (Å²) in [6.45, 7) is 1.92. The molecule has 0 bridgehead atoms. The fraction of sp³-hybridized carbons (Fsp3) is 0.444. The minimum Gasteiger partial charge on any atom is -0.479 e. The summed E-state index contributed by atoms with van der Waals surface area (Å²) >= 11 is 0. The van der Waals surface area contributed by atoms with Gasteiger partial charge in [-0.15, -0.1) is 0 Å². The number of nitrogens with one attached hydrogen (secondary N) is 2. The second-order valence-corrected chi connectivity index (χ2v) is 3.40. The van der Waals surface area contributed by atoms with E-state index in [4.69, 9.17) is 4.74 Å². The lowest BCUT2D eigenvalue weighted by molar-refractivity contribution is -0.116. The smallest absolute Gasteiger partial charge is 0.242 e. The maximum absolute atomic E-state index is 11.5. The molecule has 0 radical (unpaired) electrons. The van der Waals surface area contributed by atoms with Crippen molar-refractivity contribution in [1.29, 1.82) is 0 Å². The molecular weight excluding hydrogens is 196 g/mol. The number of carbonyl (C=O) groups is 1.